The maximum Gasteiger partial charge on any atom is 0.339 e. The van der Waals surface area contributed by atoms with Crippen molar-refractivity contribution in [2.45, 2.75) is 6.61 Å². The maximum absolute atomic E-state index is 10.7. The van der Waals surface area contributed by atoms with Gasteiger partial charge in [-0.2, -0.15) is 0 Å². The molecule has 0 spiro atoms. The first-order valence-corrected chi connectivity index (χ1v) is 3.47. The Labute approximate surface area is 68.6 Å². The number of carboxylic acid groups (broad SMARTS) is 1. The number of nitrogen functional groups attached to an aromatic ring is 1. The lowest BCUT2D eigenvalue weighted by molar-refractivity contribution is 0.0696. The van der Waals surface area contributed by atoms with E-state index in [4.69, 9.17) is 15.6 Å². The third-order valence-electron chi connectivity index (χ3n) is 1.86. The van der Waals surface area contributed by atoms with Crippen LogP contribution in [-0.4, -0.2) is 11.1 Å². The monoisotopic (exact) mass is 165 g/mol. The van der Waals surface area contributed by atoms with Crippen molar-refractivity contribution in [2.75, 3.05) is 5.73 Å². The van der Waals surface area contributed by atoms with E-state index in [0.29, 0.717) is 23.6 Å². The quantitative estimate of drug-likeness (QED) is 0.605. The lowest BCUT2D eigenvalue weighted by Crippen LogP contribution is -1.99. The number of fused-ring (bicyclic) bond motifs is 2. The number of ether oxygens (including phenoxy) is 1. The maximum atomic E-state index is 10.7. The van der Waals surface area contributed by atoms with E-state index in [0.717, 1.165) is 0 Å². The minimum Gasteiger partial charge on any atom is -0.486 e. The fourth-order valence-corrected chi connectivity index (χ4v) is 1.30. The number of hydrogen-bond donors (Lipinski definition) is 2. The molecule has 62 valence electrons. The van der Waals surface area contributed by atoms with Crippen LogP contribution in [0.25, 0.3) is 0 Å². The number of carbonyl (C=O) groups is 1. The Balaban J connectivity index is 2.70. The second-order valence-electron chi connectivity index (χ2n) is 2.61. The number of hydrogen-bond acceptors (Lipinski definition) is 3. The number of aromatic carboxylic acids is 1. The number of anilines is 1. The molecule has 0 saturated heterocycles. The number of rotatable bonds is 1. The van der Waals surface area contributed by atoms with Crippen LogP contribution in [0.15, 0.2) is 12.1 Å². The molecule has 0 amide bonds. The van der Waals surface area contributed by atoms with Crippen LogP contribution < -0.4 is 10.5 Å². The van der Waals surface area contributed by atoms with Crippen LogP contribution in [0, 0.1) is 0 Å². The van der Waals surface area contributed by atoms with Crippen LogP contribution in [0.5, 0.6) is 5.75 Å². The van der Waals surface area contributed by atoms with Gasteiger partial charge in [-0.05, 0) is 6.07 Å². The summed E-state index contributed by atoms with van der Waals surface area (Å²) in [5.41, 5.74) is 6.79. The van der Waals surface area contributed by atoms with E-state index in [1.54, 1.807) is 12.1 Å². The fourth-order valence-electron chi connectivity index (χ4n) is 1.30. The Morgan fingerprint density at radius 3 is 2.92 bits per heavy atom. The smallest absolute Gasteiger partial charge is 0.339 e. The summed E-state index contributed by atoms with van der Waals surface area (Å²) >= 11 is 0. The van der Waals surface area contributed by atoms with Crippen molar-refractivity contribution in [3.63, 3.8) is 0 Å². The Bertz CT molecular complexity index is 360. The highest BCUT2D eigenvalue weighted by Crippen LogP contribution is 2.35. The predicted molar refractivity (Wildman–Crippen MR) is 42.1 cm³/mol. The Morgan fingerprint density at radius 1 is 1.58 bits per heavy atom. The van der Waals surface area contributed by atoms with Crippen molar-refractivity contribution < 1.29 is 14.6 Å². The van der Waals surface area contributed by atoms with Gasteiger partial charge >= 0.3 is 5.97 Å². The molecule has 2 rings (SSSR count). The average Bonchev–Trinajstić information content (AvgIpc) is 2.35. The zero-order chi connectivity index (χ0) is 8.72. The molecular formula is C8H7NO3. The van der Waals surface area contributed by atoms with E-state index in [2.05, 4.69) is 0 Å². The van der Waals surface area contributed by atoms with Crippen LogP contribution in [0.4, 0.5) is 5.69 Å². The van der Waals surface area contributed by atoms with Crippen molar-refractivity contribution in [3.05, 3.63) is 23.3 Å². The van der Waals surface area contributed by atoms with Gasteiger partial charge < -0.3 is 15.6 Å². The van der Waals surface area contributed by atoms with Crippen molar-refractivity contribution in [3.8, 4) is 5.75 Å². The van der Waals surface area contributed by atoms with Gasteiger partial charge in [-0.25, -0.2) is 4.79 Å². The molecule has 1 heterocycles. The number of benzene rings is 1. The van der Waals surface area contributed by atoms with E-state index in [9.17, 15) is 4.79 Å². The third kappa shape index (κ3) is 0.747. The van der Waals surface area contributed by atoms with E-state index in [1.165, 1.54) is 0 Å². The summed E-state index contributed by atoms with van der Waals surface area (Å²) in [4.78, 5) is 10.7. The largest absolute Gasteiger partial charge is 0.486 e. The molecule has 1 aromatic rings. The zero-order valence-electron chi connectivity index (χ0n) is 6.20. The summed E-state index contributed by atoms with van der Waals surface area (Å²) < 4.78 is 5.10. The average molecular weight is 165 g/mol. The van der Waals surface area contributed by atoms with Gasteiger partial charge in [0.25, 0.3) is 0 Å². The highest BCUT2D eigenvalue weighted by molar-refractivity contribution is 5.95. The van der Waals surface area contributed by atoms with Crippen molar-refractivity contribution in [2.24, 2.45) is 0 Å². The molecular weight excluding hydrogens is 158 g/mol. The summed E-state index contributed by atoms with van der Waals surface area (Å²) in [6, 6.07) is 3.33. The molecule has 2 bridgehead atoms. The topological polar surface area (TPSA) is 72.6 Å². The van der Waals surface area contributed by atoms with Crippen LogP contribution >= 0.6 is 0 Å². The molecule has 1 aromatic carbocycles. The Morgan fingerprint density at radius 2 is 2.33 bits per heavy atom. The van der Waals surface area contributed by atoms with Gasteiger partial charge in [0.2, 0.25) is 0 Å². The minimum atomic E-state index is -0.982. The van der Waals surface area contributed by atoms with Gasteiger partial charge in [-0.15, -0.1) is 0 Å². The van der Waals surface area contributed by atoms with E-state index in [-0.39, 0.29) is 5.56 Å². The summed E-state index contributed by atoms with van der Waals surface area (Å²) in [6.07, 6.45) is 0. The molecule has 4 heteroatoms. The van der Waals surface area contributed by atoms with Gasteiger partial charge in [0.1, 0.15) is 12.2 Å². The van der Waals surface area contributed by atoms with Crippen molar-refractivity contribution >= 4 is 11.7 Å². The van der Waals surface area contributed by atoms with E-state index in [1.807, 2.05) is 0 Å². The van der Waals surface area contributed by atoms with Crippen LogP contribution in [0.2, 0.25) is 0 Å². The number of nitrogens with two attached hydrogens (primary N) is 1. The van der Waals surface area contributed by atoms with Gasteiger partial charge in [0, 0.05) is 5.56 Å². The first-order chi connectivity index (χ1) is 5.70. The summed E-state index contributed by atoms with van der Waals surface area (Å²) in [7, 11) is 0. The SMILES string of the molecule is Nc1ccc2c(C(=O)O)c1OC2. The second-order valence-corrected chi connectivity index (χ2v) is 2.61. The molecule has 0 saturated carbocycles. The lowest BCUT2D eigenvalue weighted by Gasteiger charge is -2.00. The highest BCUT2D eigenvalue weighted by atomic mass is 16.5. The van der Waals surface area contributed by atoms with Crippen molar-refractivity contribution in [1.29, 1.82) is 0 Å². The molecule has 4 nitrogen and oxygen atoms in total. The molecule has 1 aliphatic rings. The van der Waals surface area contributed by atoms with Crippen LogP contribution in [0.3, 0.4) is 0 Å². The highest BCUT2D eigenvalue weighted by Gasteiger charge is 2.25. The predicted octanol–water partition coefficient (Wildman–Crippen LogP) is 0.859. The molecule has 0 aromatic heterocycles. The summed E-state index contributed by atoms with van der Waals surface area (Å²) in [5, 5.41) is 8.78. The molecule has 12 heavy (non-hydrogen) atoms. The zero-order valence-corrected chi connectivity index (χ0v) is 6.20. The standard InChI is InChI=1S/C8H7NO3/c9-5-2-1-4-3-12-7(5)6(4)8(10)11/h1-2H,3,9H2,(H,10,11). The molecule has 0 radical (unpaired) electrons. The molecule has 1 aliphatic heterocycles. The summed E-state index contributed by atoms with van der Waals surface area (Å²) in [5.74, 6) is -0.676. The summed E-state index contributed by atoms with van der Waals surface area (Å²) in [6.45, 7) is 0.314. The third-order valence-corrected chi connectivity index (χ3v) is 1.86. The van der Waals surface area contributed by atoms with E-state index < -0.39 is 5.97 Å². The molecule has 3 N–H and O–H groups in total. The normalized spacial score (nSPS) is 12.7. The molecule has 0 atom stereocenters. The first-order valence-electron chi connectivity index (χ1n) is 3.47. The molecule has 0 unspecified atom stereocenters. The Kier molecular flexibility index (Phi) is 1.24. The van der Waals surface area contributed by atoms with Gasteiger partial charge in [0.15, 0.2) is 5.75 Å². The Hall–Kier alpha value is -1.71. The van der Waals surface area contributed by atoms with Crippen molar-refractivity contribution in [1.82, 2.24) is 0 Å². The van der Waals surface area contributed by atoms with Gasteiger partial charge in [-0.1, -0.05) is 6.07 Å². The molecule has 0 fully saturated rings. The van der Waals surface area contributed by atoms with Crippen LogP contribution in [-0.2, 0) is 6.61 Å². The van der Waals surface area contributed by atoms with Gasteiger partial charge in [0.05, 0.1) is 5.69 Å². The first kappa shape index (κ1) is 6.97. The molecule has 0 aliphatic carbocycles. The lowest BCUT2D eigenvalue weighted by atomic mass is 10.1. The second kappa shape index (κ2) is 2.14. The fraction of sp³-hybridized carbons (Fsp3) is 0.125. The van der Waals surface area contributed by atoms with Gasteiger partial charge in [-0.3, -0.25) is 0 Å². The van der Waals surface area contributed by atoms with E-state index >= 15 is 0 Å². The van der Waals surface area contributed by atoms with Crippen LogP contribution in [0.1, 0.15) is 15.9 Å². The minimum absolute atomic E-state index is 0.204. The number of carboxylic acids is 1.